The molecule has 0 aromatic rings. The van der Waals surface area contributed by atoms with Crippen LogP contribution in [0.4, 0.5) is 0 Å². The summed E-state index contributed by atoms with van der Waals surface area (Å²) < 4.78 is 0. The van der Waals surface area contributed by atoms with E-state index in [0.717, 1.165) is 6.42 Å². The Morgan fingerprint density at radius 2 is 1.18 bits per heavy atom. The molecule has 0 aromatic carbocycles. The first-order valence-electron chi connectivity index (χ1n) is 7.70. The maximum absolute atomic E-state index is 3.87. The van der Waals surface area contributed by atoms with Crippen LogP contribution in [0.3, 0.4) is 0 Å². The lowest BCUT2D eigenvalue weighted by atomic mass is 10.4. The van der Waals surface area contributed by atoms with Crippen molar-refractivity contribution in [2.24, 2.45) is 0 Å². The summed E-state index contributed by atoms with van der Waals surface area (Å²) in [5.41, 5.74) is 3.87. The average Bonchev–Trinajstić information content (AvgIpc) is 2.37. The van der Waals surface area contributed by atoms with Crippen LogP contribution in [-0.4, -0.2) is 23.9 Å². The highest BCUT2D eigenvalue weighted by Crippen LogP contribution is 2.48. The molecule has 0 saturated carbocycles. The molecule has 17 heavy (non-hydrogen) atoms. The van der Waals surface area contributed by atoms with Crippen LogP contribution in [0.15, 0.2) is 6.08 Å². The first-order chi connectivity index (χ1) is 8.24. The Morgan fingerprint density at radius 3 is 1.47 bits per heavy atom. The highest BCUT2D eigenvalue weighted by molar-refractivity contribution is 7.74. The van der Waals surface area contributed by atoms with Gasteiger partial charge < -0.3 is 0 Å². The summed E-state index contributed by atoms with van der Waals surface area (Å²) in [6.07, 6.45) is 16.1. The van der Waals surface area contributed by atoms with Crippen molar-refractivity contribution >= 4 is 12.3 Å². The van der Waals surface area contributed by atoms with Crippen molar-refractivity contribution in [3.63, 3.8) is 0 Å². The molecule has 0 saturated heterocycles. The molecule has 0 aromatic heterocycles. The third-order valence-corrected chi connectivity index (χ3v) is 7.64. The van der Waals surface area contributed by atoms with E-state index < -0.39 is 6.89 Å². The molecule has 0 radical (unpaired) electrons. The highest BCUT2D eigenvalue weighted by atomic mass is 31.2. The smallest absolute Gasteiger partial charge is 0.0261 e. The minimum Gasteiger partial charge on any atom is -0.131 e. The van der Waals surface area contributed by atoms with Crippen LogP contribution < -0.4 is 0 Å². The van der Waals surface area contributed by atoms with Gasteiger partial charge in [0.05, 0.1) is 0 Å². The van der Waals surface area contributed by atoms with Crippen LogP contribution in [0.2, 0.25) is 0 Å². The second-order valence-electron chi connectivity index (χ2n) is 5.12. The Balaban J connectivity index is 4.84. The van der Waals surface area contributed by atoms with Crippen LogP contribution >= 0.6 is 6.89 Å². The number of rotatable bonds is 10. The number of hydrogen-bond donors (Lipinski definition) is 0. The summed E-state index contributed by atoms with van der Waals surface area (Å²) in [6, 6.07) is 0. The quantitative estimate of drug-likeness (QED) is 0.435. The molecule has 102 valence electrons. The van der Waals surface area contributed by atoms with Crippen molar-refractivity contribution in [2.45, 2.75) is 72.6 Å². The fourth-order valence-electron chi connectivity index (χ4n) is 2.20. The van der Waals surface area contributed by atoms with Gasteiger partial charge in [0.2, 0.25) is 0 Å². The van der Waals surface area contributed by atoms with Crippen molar-refractivity contribution < 1.29 is 0 Å². The molecular weight excluding hydrogens is 223 g/mol. The van der Waals surface area contributed by atoms with Crippen molar-refractivity contribution in [1.82, 2.24) is 0 Å². The number of unbranched alkanes of at least 4 members (excludes halogenated alkanes) is 3. The van der Waals surface area contributed by atoms with Gasteiger partial charge in [0.1, 0.15) is 0 Å². The lowest BCUT2D eigenvalue weighted by Crippen LogP contribution is -2.02. The minimum atomic E-state index is -0.868. The van der Waals surface area contributed by atoms with Crippen LogP contribution in [0.25, 0.3) is 0 Å². The molecule has 0 bridgehead atoms. The Bertz CT molecular complexity index is 218. The van der Waals surface area contributed by atoms with Crippen LogP contribution in [0.1, 0.15) is 72.6 Å². The first kappa shape index (κ1) is 17.1. The summed E-state index contributed by atoms with van der Waals surface area (Å²) in [4.78, 5) is 0. The van der Waals surface area contributed by atoms with E-state index in [-0.39, 0.29) is 0 Å². The van der Waals surface area contributed by atoms with Gasteiger partial charge in [-0.2, -0.15) is 0 Å². The minimum absolute atomic E-state index is 0.868. The van der Waals surface area contributed by atoms with Crippen molar-refractivity contribution in [3.8, 4) is 0 Å². The van der Waals surface area contributed by atoms with Crippen molar-refractivity contribution in [1.29, 1.82) is 0 Å². The predicted molar refractivity (Wildman–Crippen MR) is 86.1 cm³/mol. The molecular formula is C16H33P. The van der Waals surface area contributed by atoms with Crippen molar-refractivity contribution in [3.05, 3.63) is 6.08 Å². The zero-order chi connectivity index (χ0) is 13.0. The maximum atomic E-state index is 3.87. The van der Waals surface area contributed by atoms with Crippen molar-refractivity contribution in [2.75, 3.05) is 18.5 Å². The van der Waals surface area contributed by atoms with Crippen LogP contribution in [0.5, 0.6) is 0 Å². The van der Waals surface area contributed by atoms with E-state index in [4.69, 9.17) is 0 Å². The molecule has 0 rings (SSSR count). The Morgan fingerprint density at radius 1 is 0.765 bits per heavy atom. The summed E-state index contributed by atoms with van der Waals surface area (Å²) in [7, 11) is 0. The van der Waals surface area contributed by atoms with Gasteiger partial charge in [0.15, 0.2) is 0 Å². The van der Waals surface area contributed by atoms with E-state index in [2.05, 4.69) is 39.2 Å². The summed E-state index contributed by atoms with van der Waals surface area (Å²) >= 11 is 0. The molecule has 0 heterocycles. The van der Waals surface area contributed by atoms with Gasteiger partial charge in [-0.25, -0.2) is 0 Å². The molecule has 0 fully saturated rings. The highest BCUT2D eigenvalue weighted by Gasteiger charge is 2.14. The molecule has 0 amide bonds. The first-order valence-corrected chi connectivity index (χ1v) is 10.0. The molecule has 0 aliphatic carbocycles. The summed E-state index contributed by atoms with van der Waals surface area (Å²) in [5, 5.41) is 0. The SMILES string of the molecule is CCC=C=P(CCCC)(CCCC)CCCC. The lowest BCUT2D eigenvalue weighted by Gasteiger charge is -2.23. The third-order valence-electron chi connectivity index (χ3n) is 3.39. The Kier molecular flexibility index (Phi) is 11.2. The van der Waals surface area contributed by atoms with Gasteiger partial charge in [-0.3, -0.25) is 0 Å². The summed E-state index contributed by atoms with van der Waals surface area (Å²) in [5.74, 6) is 0. The average molecular weight is 256 g/mol. The standard InChI is InChI=1S/C16H33P/c1-5-9-13-17(14-10-6-2,15-11-7-3)16-12-8-4/h9H,5-8,10-12,14-16H2,1-4H3. The lowest BCUT2D eigenvalue weighted by molar-refractivity contribution is 0.845. The molecule has 0 spiro atoms. The molecule has 0 atom stereocenters. The van der Waals surface area contributed by atoms with E-state index in [1.54, 1.807) is 0 Å². The van der Waals surface area contributed by atoms with E-state index in [9.17, 15) is 0 Å². The number of allylic oxidation sites excluding steroid dienone is 1. The fraction of sp³-hybridized carbons (Fsp3) is 0.875. The van der Waals surface area contributed by atoms with Gasteiger partial charge in [-0.1, -0.05) is 53.8 Å². The number of hydrogen-bond acceptors (Lipinski definition) is 0. The predicted octanol–water partition coefficient (Wildman–Crippen LogP) is 5.77. The molecule has 0 nitrogen and oxygen atoms in total. The van der Waals surface area contributed by atoms with Crippen LogP contribution in [-0.2, 0) is 0 Å². The molecule has 0 N–H and O–H groups in total. The van der Waals surface area contributed by atoms with Gasteiger partial charge in [-0.05, 0) is 50.2 Å². The molecule has 0 aliphatic heterocycles. The molecule has 1 heteroatoms. The Hall–Kier alpha value is 0.0800. The van der Waals surface area contributed by atoms with E-state index in [1.165, 1.54) is 57.0 Å². The van der Waals surface area contributed by atoms with Gasteiger partial charge in [0.25, 0.3) is 0 Å². The zero-order valence-electron chi connectivity index (χ0n) is 12.6. The summed E-state index contributed by atoms with van der Waals surface area (Å²) in [6.45, 7) is 8.32. The molecule has 0 aliphatic rings. The maximum Gasteiger partial charge on any atom is -0.0261 e. The fourth-order valence-corrected chi connectivity index (χ4v) is 6.59. The normalized spacial score (nSPS) is 11.3. The van der Waals surface area contributed by atoms with Gasteiger partial charge >= 0.3 is 0 Å². The second kappa shape index (κ2) is 11.2. The topological polar surface area (TPSA) is 0 Å². The van der Waals surface area contributed by atoms with E-state index in [0.29, 0.717) is 0 Å². The van der Waals surface area contributed by atoms with Gasteiger partial charge in [-0.15, -0.1) is 5.45 Å². The Labute approximate surface area is 110 Å². The third kappa shape index (κ3) is 7.91. The van der Waals surface area contributed by atoms with E-state index >= 15 is 0 Å². The second-order valence-corrected chi connectivity index (χ2v) is 9.01. The van der Waals surface area contributed by atoms with Gasteiger partial charge in [0, 0.05) is 0 Å². The monoisotopic (exact) mass is 256 g/mol. The molecule has 0 unspecified atom stereocenters. The van der Waals surface area contributed by atoms with E-state index in [1.807, 2.05) is 0 Å². The van der Waals surface area contributed by atoms with Crippen LogP contribution in [0, 0.1) is 0 Å². The zero-order valence-corrected chi connectivity index (χ0v) is 13.5. The largest absolute Gasteiger partial charge is 0.131 e.